The minimum Gasteiger partial charge on any atom is -0.478 e. The molecule has 0 saturated heterocycles. The lowest BCUT2D eigenvalue weighted by atomic mass is 9.98. The summed E-state index contributed by atoms with van der Waals surface area (Å²) < 4.78 is 0.782. The summed E-state index contributed by atoms with van der Waals surface area (Å²) in [7, 11) is 0. The van der Waals surface area contributed by atoms with Crippen LogP contribution in [0, 0.1) is 0 Å². The largest absolute Gasteiger partial charge is 0.478 e. The van der Waals surface area contributed by atoms with E-state index in [1.54, 1.807) is 48.5 Å². The molecule has 2 amide bonds. The van der Waals surface area contributed by atoms with E-state index in [4.69, 9.17) is 0 Å². The molecule has 0 heterocycles. The number of benzene rings is 5. The summed E-state index contributed by atoms with van der Waals surface area (Å²) in [6.45, 7) is 0. The van der Waals surface area contributed by atoms with Crippen LogP contribution in [0.1, 0.15) is 31.5 Å². The molecule has 0 radical (unpaired) electrons. The number of hydrogen-bond donors (Lipinski definition) is 3. The normalized spacial score (nSPS) is 11.5. The number of para-hydroxylation sites is 1. The monoisotopic (exact) mass is 610 g/mol. The highest BCUT2D eigenvalue weighted by atomic mass is 79.9. The van der Waals surface area contributed by atoms with Crippen molar-refractivity contribution in [3.63, 3.8) is 0 Å². The van der Waals surface area contributed by atoms with Gasteiger partial charge in [0.25, 0.3) is 5.91 Å². The number of amides is 2. The number of fused-ring (bicyclic) bond motifs is 1. The first kappa shape index (κ1) is 27.2. The summed E-state index contributed by atoms with van der Waals surface area (Å²) in [5.74, 6) is -1.71. The van der Waals surface area contributed by atoms with Gasteiger partial charge in [0.1, 0.15) is 5.25 Å². The molecule has 5 aromatic carbocycles. The minimum atomic E-state index is -1.10. The first-order valence-corrected chi connectivity index (χ1v) is 14.0. The standard InChI is InChI=1S/C32H23BrN2O4S/c33-26-17-4-5-18-27(26)35-31(37)29(21-9-2-1-3-10-21)40-23-14-8-13-22(19-23)34-30(36)24-15-6-11-20-12-7-16-25(28(20)24)32(38)39/h1-19,29H,(H,34,36)(H,35,37)(H,38,39). The maximum Gasteiger partial charge on any atom is 0.336 e. The second-order valence-electron chi connectivity index (χ2n) is 8.87. The average molecular weight is 612 g/mol. The summed E-state index contributed by atoms with van der Waals surface area (Å²) >= 11 is 4.85. The Bertz CT molecular complexity index is 1720. The van der Waals surface area contributed by atoms with Crippen LogP contribution in [0.15, 0.2) is 125 Å². The van der Waals surface area contributed by atoms with Crippen molar-refractivity contribution in [2.24, 2.45) is 0 Å². The van der Waals surface area contributed by atoms with Crippen molar-refractivity contribution in [2.75, 3.05) is 10.6 Å². The van der Waals surface area contributed by atoms with Gasteiger partial charge in [0.05, 0.1) is 11.3 Å². The lowest BCUT2D eigenvalue weighted by Gasteiger charge is -2.18. The third kappa shape index (κ3) is 6.09. The van der Waals surface area contributed by atoms with Crippen LogP contribution < -0.4 is 10.6 Å². The van der Waals surface area contributed by atoms with Gasteiger partial charge < -0.3 is 15.7 Å². The van der Waals surface area contributed by atoms with Crippen LogP contribution in [0.2, 0.25) is 0 Å². The maximum atomic E-state index is 13.5. The highest BCUT2D eigenvalue weighted by molar-refractivity contribution is 9.10. The fourth-order valence-electron chi connectivity index (χ4n) is 4.35. The number of thioether (sulfide) groups is 1. The number of carbonyl (C=O) groups excluding carboxylic acids is 2. The molecule has 6 nitrogen and oxygen atoms in total. The first-order valence-electron chi connectivity index (χ1n) is 12.3. The van der Waals surface area contributed by atoms with Gasteiger partial charge in [-0.25, -0.2) is 4.79 Å². The lowest BCUT2D eigenvalue weighted by Crippen LogP contribution is -2.19. The van der Waals surface area contributed by atoms with Gasteiger partial charge in [0, 0.05) is 26.0 Å². The number of carboxylic acids is 1. The van der Waals surface area contributed by atoms with E-state index in [1.807, 2.05) is 60.7 Å². The van der Waals surface area contributed by atoms with Crippen molar-refractivity contribution in [1.29, 1.82) is 0 Å². The summed E-state index contributed by atoms with van der Waals surface area (Å²) in [6.07, 6.45) is 0. The molecule has 0 saturated carbocycles. The lowest BCUT2D eigenvalue weighted by molar-refractivity contribution is -0.115. The molecule has 0 bridgehead atoms. The molecule has 8 heteroatoms. The van der Waals surface area contributed by atoms with Gasteiger partial charge in [0.2, 0.25) is 5.91 Å². The summed E-state index contributed by atoms with van der Waals surface area (Å²) in [4.78, 5) is 39.4. The number of halogens is 1. The van der Waals surface area contributed by atoms with Gasteiger partial charge in [-0.15, -0.1) is 11.8 Å². The second kappa shape index (κ2) is 12.2. The van der Waals surface area contributed by atoms with Gasteiger partial charge in [-0.3, -0.25) is 9.59 Å². The molecule has 5 aromatic rings. The van der Waals surface area contributed by atoms with E-state index < -0.39 is 17.1 Å². The van der Waals surface area contributed by atoms with Crippen LogP contribution >= 0.6 is 27.7 Å². The molecule has 0 aliphatic rings. The van der Waals surface area contributed by atoms with E-state index >= 15 is 0 Å². The fraction of sp³-hybridized carbons (Fsp3) is 0.0312. The quantitative estimate of drug-likeness (QED) is 0.155. The Morgan fingerprint density at radius 3 is 2.12 bits per heavy atom. The number of rotatable bonds is 8. The zero-order valence-electron chi connectivity index (χ0n) is 21.0. The number of anilines is 2. The Hall–Kier alpha value is -4.40. The van der Waals surface area contributed by atoms with E-state index in [-0.39, 0.29) is 17.0 Å². The number of aromatic carboxylic acids is 1. The number of carboxylic acid groups (broad SMARTS) is 1. The number of nitrogens with one attached hydrogen (secondary N) is 2. The van der Waals surface area contributed by atoms with Gasteiger partial charge in [-0.1, -0.05) is 72.8 Å². The van der Waals surface area contributed by atoms with Gasteiger partial charge in [-0.2, -0.15) is 0 Å². The topological polar surface area (TPSA) is 95.5 Å². The van der Waals surface area contributed by atoms with Crippen LogP contribution in [0.4, 0.5) is 11.4 Å². The van der Waals surface area contributed by atoms with Crippen molar-refractivity contribution >= 4 is 67.6 Å². The summed E-state index contributed by atoms with van der Waals surface area (Å²) in [5, 5.41) is 16.1. The summed E-state index contributed by atoms with van der Waals surface area (Å²) in [6, 6.07) is 34.2. The molecule has 0 aliphatic carbocycles. The molecule has 0 aliphatic heterocycles. The third-order valence-electron chi connectivity index (χ3n) is 6.20. The fourth-order valence-corrected chi connectivity index (χ4v) is 5.82. The molecule has 5 rings (SSSR count). The van der Waals surface area contributed by atoms with E-state index in [9.17, 15) is 19.5 Å². The Balaban J connectivity index is 1.41. The highest BCUT2D eigenvalue weighted by Gasteiger charge is 2.23. The molecule has 0 aromatic heterocycles. The van der Waals surface area contributed by atoms with Crippen LogP contribution in [0.3, 0.4) is 0 Å². The molecular formula is C32H23BrN2O4S. The van der Waals surface area contributed by atoms with Crippen molar-refractivity contribution in [3.05, 3.63) is 136 Å². The van der Waals surface area contributed by atoms with E-state index in [2.05, 4.69) is 26.6 Å². The van der Waals surface area contributed by atoms with Crippen LogP contribution in [0.25, 0.3) is 10.8 Å². The molecule has 1 atom stereocenters. The highest BCUT2D eigenvalue weighted by Crippen LogP contribution is 2.38. The Labute approximate surface area is 243 Å². The average Bonchev–Trinajstić information content (AvgIpc) is 2.97. The van der Waals surface area contributed by atoms with E-state index in [0.717, 1.165) is 14.9 Å². The third-order valence-corrected chi connectivity index (χ3v) is 8.14. The predicted molar refractivity (Wildman–Crippen MR) is 163 cm³/mol. The Morgan fingerprint density at radius 1 is 0.725 bits per heavy atom. The second-order valence-corrected chi connectivity index (χ2v) is 10.9. The SMILES string of the molecule is O=C(O)c1cccc2cccc(C(=O)Nc3cccc(SC(C(=O)Nc4ccccc4Br)c4ccccc4)c3)c12. The zero-order valence-corrected chi connectivity index (χ0v) is 23.4. The Morgan fingerprint density at radius 2 is 1.40 bits per heavy atom. The summed E-state index contributed by atoms with van der Waals surface area (Å²) in [5.41, 5.74) is 2.37. The number of hydrogen-bond acceptors (Lipinski definition) is 4. The van der Waals surface area contributed by atoms with Crippen LogP contribution in [0.5, 0.6) is 0 Å². The van der Waals surface area contributed by atoms with Crippen molar-refractivity contribution < 1.29 is 19.5 Å². The predicted octanol–water partition coefficient (Wildman–Crippen LogP) is 8.02. The molecule has 198 valence electrons. The van der Waals surface area contributed by atoms with Crippen molar-refractivity contribution in [3.8, 4) is 0 Å². The first-order chi connectivity index (χ1) is 19.4. The maximum absolute atomic E-state index is 13.5. The Kier molecular flexibility index (Phi) is 8.28. The molecular weight excluding hydrogens is 588 g/mol. The molecule has 1 unspecified atom stereocenters. The number of carbonyl (C=O) groups is 3. The van der Waals surface area contributed by atoms with Crippen LogP contribution in [-0.4, -0.2) is 22.9 Å². The van der Waals surface area contributed by atoms with Crippen molar-refractivity contribution in [2.45, 2.75) is 10.1 Å². The molecule has 0 spiro atoms. The molecule has 0 fully saturated rings. The minimum absolute atomic E-state index is 0.0642. The van der Waals surface area contributed by atoms with Crippen molar-refractivity contribution in [1.82, 2.24) is 0 Å². The zero-order chi connectivity index (χ0) is 28.1. The van der Waals surface area contributed by atoms with Gasteiger partial charge >= 0.3 is 5.97 Å². The van der Waals surface area contributed by atoms with Crippen LogP contribution in [-0.2, 0) is 4.79 Å². The van der Waals surface area contributed by atoms with Gasteiger partial charge in [0.15, 0.2) is 0 Å². The van der Waals surface area contributed by atoms with E-state index in [1.165, 1.54) is 17.8 Å². The van der Waals surface area contributed by atoms with Gasteiger partial charge in [-0.05, 0) is 69.3 Å². The molecule has 40 heavy (non-hydrogen) atoms. The molecule has 3 N–H and O–H groups in total. The van der Waals surface area contributed by atoms with E-state index in [0.29, 0.717) is 22.1 Å². The smallest absolute Gasteiger partial charge is 0.336 e.